The highest BCUT2D eigenvalue weighted by Gasteiger charge is 2.25. The monoisotopic (exact) mass is 423 g/mol. The van der Waals surface area contributed by atoms with Crippen molar-refractivity contribution in [3.05, 3.63) is 54.0 Å². The average Bonchev–Trinajstić information content (AvgIpc) is 3.23. The zero-order valence-electron chi connectivity index (χ0n) is 18.1. The fourth-order valence-corrected chi connectivity index (χ4v) is 4.13. The molecule has 3 heterocycles. The molecule has 0 atom stereocenters. The molecule has 2 aromatic heterocycles. The summed E-state index contributed by atoms with van der Waals surface area (Å²) in [6, 6.07) is 11.8. The van der Waals surface area contributed by atoms with E-state index in [1.165, 1.54) is 0 Å². The van der Waals surface area contributed by atoms with Crippen molar-refractivity contribution < 1.29 is 14.3 Å². The lowest BCUT2D eigenvalue weighted by Crippen LogP contribution is -2.41. The van der Waals surface area contributed by atoms with Crippen molar-refractivity contribution in [2.75, 3.05) is 40.4 Å². The number of fused-ring (bicyclic) bond motifs is 1. The molecule has 1 amide bonds. The number of ether oxygens (including phenoxy) is 2. The molecular formula is C23H29N5O3. The van der Waals surface area contributed by atoms with Gasteiger partial charge in [0.15, 0.2) is 17.1 Å². The van der Waals surface area contributed by atoms with Crippen LogP contribution in [0.25, 0.3) is 5.65 Å². The minimum absolute atomic E-state index is 0.0619. The fraction of sp³-hybridized carbons (Fsp3) is 0.435. The number of nitrogens with zero attached hydrogens (tertiary/aromatic N) is 4. The number of likely N-dealkylation sites (tertiary alicyclic amines) is 1. The van der Waals surface area contributed by atoms with Gasteiger partial charge in [0.25, 0.3) is 0 Å². The van der Waals surface area contributed by atoms with E-state index in [-0.39, 0.29) is 5.91 Å². The highest BCUT2D eigenvalue weighted by molar-refractivity contribution is 5.78. The van der Waals surface area contributed by atoms with E-state index < -0.39 is 0 Å². The summed E-state index contributed by atoms with van der Waals surface area (Å²) in [5, 5.41) is 11.7. The van der Waals surface area contributed by atoms with Gasteiger partial charge in [0.05, 0.1) is 20.8 Å². The Kier molecular flexibility index (Phi) is 6.66. The molecule has 31 heavy (non-hydrogen) atoms. The lowest BCUT2D eigenvalue weighted by atomic mass is 9.96. The summed E-state index contributed by atoms with van der Waals surface area (Å²) in [6.45, 7) is 2.79. The number of rotatable bonds is 8. The zero-order chi connectivity index (χ0) is 21.6. The van der Waals surface area contributed by atoms with Crippen molar-refractivity contribution in [3.63, 3.8) is 0 Å². The van der Waals surface area contributed by atoms with E-state index >= 15 is 0 Å². The first-order chi connectivity index (χ1) is 15.2. The van der Waals surface area contributed by atoms with Gasteiger partial charge >= 0.3 is 0 Å². The first-order valence-electron chi connectivity index (χ1n) is 10.7. The molecule has 1 aromatic carbocycles. The number of aromatic nitrogens is 3. The van der Waals surface area contributed by atoms with E-state index in [9.17, 15) is 4.79 Å². The topological polar surface area (TPSA) is 81.0 Å². The van der Waals surface area contributed by atoms with Crippen LogP contribution in [0.1, 0.15) is 30.1 Å². The maximum Gasteiger partial charge on any atom is 0.234 e. The second kappa shape index (κ2) is 9.78. The summed E-state index contributed by atoms with van der Waals surface area (Å²) < 4.78 is 12.7. The van der Waals surface area contributed by atoms with Crippen LogP contribution in [0.15, 0.2) is 42.6 Å². The van der Waals surface area contributed by atoms with Crippen LogP contribution in [0, 0.1) is 0 Å². The van der Waals surface area contributed by atoms with Crippen LogP contribution >= 0.6 is 0 Å². The number of methoxy groups -OCH3 is 2. The van der Waals surface area contributed by atoms with Crippen LogP contribution in [-0.2, 0) is 11.2 Å². The molecule has 0 spiro atoms. The Labute approximate surface area is 182 Å². The molecule has 0 saturated carbocycles. The van der Waals surface area contributed by atoms with Gasteiger partial charge in [-0.1, -0.05) is 12.1 Å². The van der Waals surface area contributed by atoms with Crippen LogP contribution in [0.3, 0.4) is 0 Å². The molecule has 3 aromatic rings. The molecule has 1 fully saturated rings. The van der Waals surface area contributed by atoms with Crippen LogP contribution in [0.4, 0.5) is 0 Å². The Bertz CT molecular complexity index is 1030. The van der Waals surface area contributed by atoms with E-state index in [1.54, 1.807) is 14.2 Å². The van der Waals surface area contributed by atoms with Gasteiger partial charge in [-0.05, 0) is 62.2 Å². The first kappa shape index (κ1) is 21.1. The fourth-order valence-electron chi connectivity index (χ4n) is 4.13. The highest BCUT2D eigenvalue weighted by atomic mass is 16.5. The number of carbonyl (C=O) groups is 1. The highest BCUT2D eigenvalue weighted by Crippen LogP contribution is 2.28. The normalized spacial score (nSPS) is 15.2. The SMILES string of the molecule is COc1ccc(CCNC(=O)CN2CCC(c3nnc4ccccn34)CC2)cc1OC. The van der Waals surface area contributed by atoms with Crippen molar-refractivity contribution in [1.29, 1.82) is 0 Å². The third kappa shape index (κ3) is 4.96. The van der Waals surface area contributed by atoms with Crippen LogP contribution in [-0.4, -0.2) is 65.8 Å². The number of hydrogen-bond acceptors (Lipinski definition) is 6. The van der Waals surface area contributed by atoms with Crippen LogP contribution in [0.2, 0.25) is 0 Å². The minimum Gasteiger partial charge on any atom is -0.493 e. The predicted molar refractivity (Wildman–Crippen MR) is 118 cm³/mol. The summed E-state index contributed by atoms with van der Waals surface area (Å²) >= 11 is 0. The molecule has 0 bridgehead atoms. The van der Waals surface area contributed by atoms with Gasteiger partial charge in [-0.3, -0.25) is 14.1 Å². The Morgan fingerprint density at radius 2 is 1.90 bits per heavy atom. The van der Waals surface area contributed by atoms with Crippen molar-refractivity contribution in [3.8, 4) is 11.5 Å². The molecule has 0 aliphatic carbocycles. The van der Waals surface area contributed by atoms with E-state index in [1.807, 2.05) is 42.6 Å². The third-order valence-corrected chi connectivity index (χ3v) is 5.84. The smallest absolute Gasteiger partial charge is 0.234 e. The maximum absolute atomic E-state index is 12.4. The molecule has 0 unspecified atom stereocenters. The maximum atomic E-state index is 12.4. The van der Waals surface area contributed by atoms with Crippen molar-refractivity contribution in [2.45, 2.75) is 25.2 Å². The number of pyridine rings is 1. The quantitative estimate of drug-likeness (QED) is 0.599. The van der Waals surface area contributed by atoms with Crippen LogP contribution < -0.4 is 14.8 Å². The van der Waals surface area contributed by atoms with Crippen molar-refractivity contribution in [2.24, 2.45) is 0 Å². The molecule has 1 aliphatic heterocycles. The van der Waals surface area contributed by atoms with E-state index in [2.05, 4.69) is 24.8 Å². The number of benzene rings is 1. The molecule has 8 heteroatoms. The number of amides is 1. The third-order valence-electron chi connectivity index (χ3n) is 5.84. The van der Waals surface area contributed by atoms with Crippen molar-refractivity contribution >= 4 is 11.6 Å². The van der Waals surface area contributed by atoms with Gasteiger partial charge in [-0.25, -0.2) is 0 Å². The van der Waals surface area contributed by atoms with Gasteiger partial charge in [0.1, 0.15) is 5.82 Å². The first-order valence-corrected chi connectivity index (χ1v) is 10.7. The molecule has 1 saturated heterocycles. The van der Waals surface area contributed by atoms with Crippen molar-refractivity contribution in [1.82, 2.24) is 24.8 Å². The summed E-state index contributed by atoms with van der Waals surface area (Å²) in [6.07, 6.45) is 4.72. The Balaban J connectivity index is 1.21. The Morgan fingerprint density at radius 3 is 2.68 bits per heavy atom. The average molecular weight is 424 g/mol. The summed E-state index contributed by atoms with van der Waals surface area (Å²) in [5.74, 6) is 2.87. The molecule has 0 radical (unpaired) electrons. The van der Waals surface area contributed by atoms with Crippen LogP contribution in [0.5, 0.6) is 11.5 Å². The van der Waals surface area contributed by atoms with Gasteiger partial charge in [0, 0.05) is 18.7 Å². The largest absolute Gasteiger partial charge is 0.493 e. The lowest BCUT2D eigenvalue weighted by molar-refractivity contribution is -0.122. The van der Waals surface area contributed by atoms with E-state index in [0.717, 1.165) is 49.4 Å². The predicted octanol–water partition coefficient (Wildman–Crippen LogP) is 2.28. The van der Waals surface area contributed by atoms with Gasteiger partial charge < -0.3 is 14.8 Å². The molecule has 1 aliphatic rings. The van der Waals surface area contributed by atoms with Gasteiger partial charge in [-0.15, -0.1) is 10.2 Å². The minimum atomic E-state index is 0.0619. The number of nitrogens with one attached hydrogen (secondary N) is 1. The molecule has 8 nitrogen and oxygen atoms in total. The lowest BCUT2D eigenvalue weighted by Gasteiger charge is -2.30. The number of hydrogen-bond donors (Lipinski definition) is 1. The standard InChI is InChI=1S/C23H29N5O3/c1-30-19-7-6-17(15-20(19)31-2)8-11-24-22(29)16-27-13-9-18(10-14-27)23-26-25-21-5-3-4-12-28(21)23/h3-7,12,15,18H,8-11,13-14,16H2,1-2H3,(H,24,29). The second-order valence-electron chi connectivity index (χ2n) is 7.83. The summed E-state index contributed by atoms with van der Waals surface area (Å²) in [5.41, 5.74) is 1.98. The van der Waals surface area contributed by atoms with E-state index in [0.29, 0.717) is 30.5 Å². The number of carbonyl (C=O) groups excluding carboxylic acids is 1. The molecule has 4 rings (SSSR count). The van der Waals surface area contributed by atoms with Gasteiger partial charge in [0.2, 0.25) is 5.91 Å². The zero-order valence-corrected chi connectivity index (χ0v) is 18.1. The Hall–Kier alpha value is -3.13. The second-order valence-corrected chi connectivity index (χ2v) is 7.83. The summed E-state index contributed by atoms with van der Waals surface area (Å²) in [7, 11) is 3.24. The molecule has 164 valence electrons. The van der Waals surface area contributed by atoms with E-state index in [4.69, 9.17) is 9.47 Å². The Morgan fingerprint density at radius 1 is 1.10 bits per heavy atom. The number of piperidine rings is 1. The van der Waals surface area contributed by atoms with Gasteiger partial charge in [-0.2, -0.15) is 0 Å². The molecule has 1 N–H and O–H groups in total. The molecular weight excluding hydrogens is 394 g/mol. The summed E-state index contributed by atoms with van der Waals surface area (Å²) in [4.78, 5) is 14.6.